The van der Waals surface area contributed by atoms with Crippen molar-refractivity contribution in [3.05, 3.63) is 70.3 Å². The van der Waals surface area contributed by atoms with Gasteiger partial charge in [0.25, 0.3) is 0 Å². The van der Waals surface area contributed by atoms with Crippen LogP contribution in [0.2, 0.25) is 10.0 Å². The second-order valence-corrected chi connectivity index (χ2v) is 8.80. The number of benzene rings is 2. The molecule has 154 valence electrons. The fourth-order valence-corrected chi connectivity index (χ4v) is 4.41. The number of rotatable bonds is 4. The van der Waals surface area contributed by atoms with Gasteiger partial charge in [0, 0.05) is 53.5 Å². The van der Waals surface area contributed by atoms with Crippen LogP contribution < -0.4 is 4.90 Å². The predicted molar refractivity (Wildman–Crippen MR) is 118 cm³/mol. The molecule has 1 aliphatic carbocycles. The van der Waals surface area contributed by atoms with Gasteiger partial charge in [-0.3, -0.25) is 4.79 Å². The highest BCUT2D eigenvalue weighted by Gasteiger charge is 2.55. The average molecular weight is 442 g/mol. The van der Waals surface area contributed by atoms with Gasteiger partial charge in [-0.05, 0) is 55.3 Å². The molecule has 3 aromatic rings. The van der Waals surface area contributed by atoms with E-state index in [1.807, 2.05) is 53.4 Å². The number of carbonyl (C=O) groups excluding carboxylic acids is 1. The van der Waals surface area contributed by atoms with E-state index in [4.69, 9.17) is 27.7 Å². The summed E-state index contributed by atoms with van der Waals surface area (Å²) in [7, 11) is 0. The fourth-order valence-electron chi connectivity index (χ4n) is 4.10. The Hall–Kier alpha value is -2.50. The molecule has 5 rings (SSSR count). The molecule has 1 saturated heterocycles. The van der Waals surface area contributed by atoms with Crippen LogP contribution in [0.3, 0.4) is 0 Å². The molecule has 0 bridgehead atoms. The number of piperazine rings is 1. The van der Waals surface area contributed by atoms with E-state index in [0.29, 0.717) is 23.9 Å². The third kappa shape index (κ3) is 3.57. The summed E-state index contributed by atoms with van der Waals surface area (Å²) < 4.78 is 5.56. The molecule has 0 unspecified atom stereocenters. The maximum Gasteiger partial charge on any atom is 0.235 e. The summed E-state index contributed by atoms with van der Waals surface area (Å²) in [4.78, 5) is 17.6. The maximum absolute atomic E-state index is 13.4. The van der Waals surface area contributed by atoms with Crippen LogP contribution in [0.15, 0.2) is 59.1 Å². The van der Waals surface area contributed by atoms with Gasteiger partial charge < -0.3 is 14.3 Å². The van der Waals surface area contributed by atoms with Gasteiger partial charge in [-0.15, -0.1) is 0 Å². The van der Waals surface area contributed by atoms with Gasteiger partial charge >= 0.3 is 0 Å². The van der Waals surface area contributed by atoms with Crippen LogP contribution in [0.5, 0.6) is 0 Å². The van der Waals surface area contributed by atoms with Crippen LogP contribution in [0.25, 0.3) is 11.3 Å². The van der Waals surface area contributed by atoms with Gasteiger partial charge in [0.1, 0.15) is 0 Å². The predicted octanol–water partition coefficient (Wildman–Crippen LogP) is 5.03. The van der Waals surface area contributed by atoms with Crippen molar-refractivity contribution in [1.29, 1.82) is 0 Å². The van der Waals surface area contributed by atoms with Gasteiger partial charge in [0.2, 0.25) is 5.91 Å². The minimum atomic E-state index is -0.535. The highest BCUT2D eigenvalue weighted by atomic mass is 35.5. The van der Waals surface area contributed by atoms with E-state index < -0.39 is 5.41 Å². The number of hydrogen-bond donors (Lipinski definition) is 0. The molecular formula is C23H21Cl2N3O2. The van der Waals surface area contributed by atoms with E-state index >= 15 is 0 Å². The first-order chi connectivity index (χ1) is 14.5. The van der Waals surface area contributed by atoms with E-state index in [9.17, 15) is 4.79 Å². The van der Waals surface area contributed by atoms with Gasteiger partial charge in [-0.2, -0.15) is 0 Å². The number of anilines is 1. The van der Waals surface area contributed by atoms with Crippen LogP contribution in [0, 0.1) is 0 Å². The molecular weight excluding hydrogens is 421 g/mol. The zero-order chi connectivity index (χ0) is 20.7. The molecule has 30 heavy (non-hydrogen) atoms. The van der Waals surface area contributed by atoms with Crippen LogP contribution in [0.1, 0.15) is 18.5 Å². The molecule has 7 heteroatoms. The van der Waals surface area contributed by atoms with Crippen molar-refractivity contribution in [2.75, 3.05) is 31.1 Å². The Morgan fingerprint density at radius 1 is 0.933 bits per heavy atom. The van der Waals surface area contributed by atoms with Gasteiger partial charge in [0.05, 0.1) is 11.1 Å². The summed E-state index contributed by atoms with van der Waals surface area (Å²) >= 11 is 12.1. The third-order valence-corrected chi connectivity index (χ3v) is 6.52. The third-order valence-electron chi connectivity index (χ3n) is 6.03. The topological polar surface area (TPSA) is 49.6 Å². The first kappa shape index (κ1) is 19.5. The monoisotopic (exact) mass is 441 g/mol. The average Bonchev–Trinajstić information content (AvgIpc) is 3.43. The second kappa shape index (κ2) is 7.64. The number of halogens is 2. The Morgan fingerprint density at radius 3 is 2.33 bits per heavy atom. The van der Waals surface area contributed by atoms with Gasteiger partial charge in [-0.1, -0.05) is 34.4 Å². The molecule has 0 radical (unpaired) electrons. The normalized spacial score (nSPS) is 17.8. The lowest BCUT2D eigenvalue weighted by molar-refractivity contribution is -0.134. The van der Waals surface area contributed by atoms with Crippen molar-refractivity contribution in [1.82, 2.24) is 10.1 Å². The minimum absolute atomic E-state index is 0.157. The number of amides is 1. The molecule has 2 aromatic carbocycles. The standard InChI is InChI=1S/C23H21Cl2N3O2/c24-17-6-4-16(5-7-17)20-15-21(26-30-20)23(8-9-23)22(29)28-12-10-27(11-13-28)19-3-1-2-18(25)14-19/h1-7,14-15H,8-13H2. The van der Waals surface area contributed by atoms with E-state index in [0.717, 1.165) is 47.9 Å². The highest BCUT2D eigenvalue weighted by molar-refractivity contribution is 6.31. The molecule has 0 atom stereocenters. The summed E-state index contributed by atoms with van der Waals surface area (Å²) in [5, 5.41) is 5.65. The molecule has 2 fully saturated rings. The van der Waals surface area contributed by atoms with E-state index in [2.05, 4.69) is 16.1 Å². The van der Waals surface area contributed by atoms with Crippen LogP contribution in [-0.2, 0) is 10.2 Å². The van der Waals surface area contributed by atoms with Crippen LogP contribution in [-0.4, -0.2) is 42.1 Å². The lowest BCUT2D eigenvalue weighted by Crippen LogP contribution is -2.51. The molecule has 0 N–H and O–H groups in total. The summed E-state index contributed by atoms with van der Waals surface area (Å²) in [6.07, 6.45) is 1.62. The lowest BCUT2D eigenvalue weighted by atomic mass is 9.99. The summed E-state index contributed by atoms with van der Waals surface area (Å²) in [6.45, 7) is 2.96. The summed E-state index contributed by atoms with van der Waals surface area (Å²) in [6, 6.07) is 17.2. The second-order valence-electron chi connectivity index (χ2n) is 7.92. The van der Waals surface area contributed by atoms with Crippen molar-refractivity contribution in [2.24, 2.45) is 0 Å². The Labute approximate surface area is 185 Å². The van der Waals surface area contributed by atoms with E-state index in [1.54, 1.807) is 0 Å². The molecule has 2 heterocycles. The molecule has 0 spiro atoms. The van der Waals surface area contributed by atoms with Crippen molar-refractivity contribution in [3.63, 3.8) is 0 Å². The smallest absolute Gasteiger partial charge is 0.235 e. The zero-order valence-electron chi connectivity index (χ0n) is 16.4. The fraction of sp³-hybridized carbons (Fsp3) is 0.304. The Kier molecular flexibility index (Phi) is 4.95. The summed E-state index contributed by atoms with van der Waals surface area (Å²) in [5.41, 5.74) is 2.19. The maximum atomic E-state index is 13.4. The molecule has 5 nitrogen and oxygen atoms in total. The van der Waals surface area contributed by atoms with Crippen molar-refractivity contribution in [2.45, 2.75) is 18.3 Å². The zero-order valence-corrected chi connectivity index (χ0v) is 17.9. The number of carbonyl (C=O) groups is 1. The Morgan fingerprint density at radius 2 is 1.67 bits per heavy atom. The number of hydrogen-bond acceptors (Lipinski definition) is 4. The highest BCUT2D eigenvalue weighted by Crippen LogP contribution is 2.50. The molecule has 1 amide bonds. The SMILES string of the molecule is O=C(N1CCN(c2cccc(Cl)c2)CC1)C1(c2cc(-c3ccc(Cl)cc3)on2)CC1. The van der Waals surface area contributed by atoms with E-state index in [1.165, 1.54) is 0 Å². The molecule has 1 saturated carbocycles. The summed E-state index contributed by atoms with van der Waals surface area (Å²) in [5.74, 6) is 0.815. The minimum Gasteiger partial charge on any atom is -0.368 e. The van der Waals surface area contributed by atoms with E-state index in [-0.39, 0.29) is 5.91 Å². The van der Waals surface area contributed by atoms with Crippen LogP contribution >= 0.6 is 23.2 Å². The van der Waals surface area contributed by atoms with Gasteiger partial charge in [-0.25, -0.2) is 0 Å². The Balaban J connectivity index is 1.28. The van der Waals surface area contributed by atoms with Crippen molar-refractivity contribution >= 4 is 34.8 Å². The lowest BCUT2D eigenvalue weighted by Gasteiger charge is -2.37. The first-order valence-corrected chi connectivity index (χ1v) is 10.8. The van der Waals surface area contributed by atoms with Gasteiger partial charge in [0.15, 0.2) is 5.76 Å². The molecule has 1 aliphatic heterocycles. The van der Waals surface area contributed by atoms with Crippen molar-refractivity contribution in [3.8, 4) is 11.3 Å². The molecule has 2 aliphatic rings. The quantitative estimate of drug-likeness (QED) is 0.569. The van der Waals surface area contributed by atoms with Crippen LogP contribution in [0.4, 0.5) is 5.69 Å². The number of nitrogens with zero attached hydrogens (tertiary/aromatic N) is 3. The first-order valence-electron chi connectivity index (χ1n) is 10.1. The van der Waals surface area contributed by atoms with Crippen molar-refractivity contribution < 1.29 is 9.32 Å². The Bertz CT molecular complexity index is 1070. The largest absolute Gasteiger partial charge is 0.368 e. The molecule has 1 aromatic heterocycles. The number of aromatic nitrogens is 1.